The third-order valence-electron chi connectivity index (χ3n) is 4.42. The predicted octanol–water partition coefficient (Wildman–Crippen LogP) is 3.52. The topological polar surface area (TPSA) is 38.2 Å². The molecule has 4 heteroatoms. The van der Waals surface area contributed by atoms with Crippen LogP contribution in [-0.2, 0) is 4.74 Å². The molecular weight excluding hydrogens is 286 g/mol. The molecule has 4 nitrogen and oxygen atoms in total. The van der Waals surface area contributed by atoms with Crippen molar-refractivity contribution in [2.24, 2.45) is 0 Å². The molecule has 0 aliphatic carbocycles. The summed E-state index contributed by atoms with van der Waals surface area (Å²) in [6.45, 7) is 4.50. The summed E-state index contributed by atoms with van der Waals surface area (Å²) in [5.74, 6) is 0.998. The van der Waals surface area contributed by atoms with Crippen LogP contribution in [0.4, 0.5) is 5.82 Å². The van der Waals surface area contributed by atoms with Crippen molar-refractivity contribution in [1.29, 1.82) is 0 Å². The van der Waals surface area contributed by atoms with Crippen molar-refractivity contribution in [3.63, 3.8) is 0 Å². The summed E-state index contributed by atoms with van der Waals surface area (Å²) >= 11 is 0. The minimum Gasteiger partial charge on any atom is -0.370 e. The number of benzene rings is 2. The van der Waals surface area contributed by atoms with E-state index in [-0.39, 0.29) is 6.10 Å². The summed E-state index contributed by atoms with van der Waals surface area (Å²) in [7, 11) is 0. The van der Waals surface area contributed by atoms with Crippen molar-refractivity contribution in [1.82, 2.24) is 9.97 Å². The fraction of sp³-hybridized carbons (Fsp3) is 0.263. The van der Waals surface area contributed by atoms with Crippen LogP contribution in [0.15, 0.2) is 54.9 Å². The molecule has 0 amide bonds. The highest BCUT2D eigenvalue weighted by Crippen LogP contribution is 2.30. The van der Waals surface area contributed by atoms with E-state index in [1.54, 1.807) is 6.33 Å². The van der Waals surface area contributed by atoms with Crippen molar-refractivity contribution < 1.29 is 4.74 Å². The van der Waals surface area contributed by atoms with Crippen LogP contribution in [0.2, 0.25) is 0 Å². The smallest absolute Gasteiger partial charge is 0.140 e. The van der Waals surface area contributed by atoms with E-state index in [0.29, 0.717) is 6.61 Å². The van der Waals surface area contributed by atoms with Gasteiger partial charge in [0.05, 0.1) is 12.1 Å². The first-order valence-electron chi connectivity index (χ1n) is 7.95. The van der Waals surface area contributed by atoms with E-state index in [0.717, 1.165) is 29.8 Å². The molecule has 0 N–H and O–H groups in total. The lowest BCUT2D eigenvalue weighted by Crippen LogP contribution is -2.39. The summed E-state index contributed by atoms with van der Waals surface area (Å²) in [5.41, 5.74) is 3.51. The van der Waals surface area contributed by atoms with Gasteiger partial charge in [-0.3, -0.25) is 0 Å². The van der Waals surface area contributed by atoms with Gasteiger partial charge >= 0.3 is 0 Å². The van der Waals surface area contributed by atoms with Gasteiger partial charge in [0.15, 0.2) is 0 Å². The molecule has 1 atom stereocenters. The van der Waals surface area contributed by atoms with Gasteiger partial charge in [-0.05, 0) is 30.2 Å². The number of nitrogens with zero attached hydrogens (tertiary/aromatic N) is 3. The number of fused-ring (bicyclic) bond motifs is 1. The first-order chi connectivity index (χ1) is 11.3. The second-order valence-corrected chi connectivity index (χ2v) is 5.88. The Kier molecular flexibility index (Phi) is 3.67. The quantitative estimate of drug-likeness (QED) is 0.726. The zero-order valence-corrected chi connectivity index (χ0v) is 13.1. The number of rotatable bonds is 2. The Morgan fingerprint density at radius 2 is 1.87 bits per heavy atom. The Morgan fingerprint density at radius 3 is 2.78 bits per heavy atom. The van der Waals surface area contributed by atoms with Crippen LogP contribution in [0.5, 0.6) is 0 Å². The first-order valence-corrected chi connectivity index (χ1v) is 7.95. The summed E-state index contributed by atoms with van der Waals surface area (Å²) in [4.78, 5) is 11.2. The summed E-state index contributed by atoms with van der Waals surface area (Å²) < 4.78 is 6.02. The Balaban J connectivity index is 1.68. The van der Waals surface area contributed by atoms with Gasteiger partial charge in [-0.1, -0.05) is 36.4 Å². The molecule has 1 aromatic heterocycles. The van der Waals surface area contributed by atoms with E-state index in [9.17, 15) is 0 Å². The van der Waals surface area contributed by atoms with E-state index < -0.39 is 0 Å². The molecule has 1 aliphatic heterocycles. The molecule has 1 saturated heterocycles. The standard InChI is InChI=1S/C19H19N3O/c1-14-6-2-3-7-15(14)18-12-22(10-11-23-18)19-16-8-4-5-9-17(16)20-13-21-19/h2-9,13,18H,10-12H2,1H3. The maximum atomic E-state index is 6.02. The lowest BCUT2D eigenvalue weighted by Gasteiger charge is -2.35. The molecular formula is C19H19N3O. The normalized spacial score (nSPS) is 18.3. The molecule has 4 rings (SSSR count). The minimum absolute atomic E-state index is 0.0821. The second-order valence-electron chi connectivity index (χ2n) is 5.88. The highest BCUT2D eigenvalue weighted by Gasteiger charge is 2.25. The van der Waals surface area contributed by atoms with Crippen LogP contribution in [0.3, 0.4) is 0 Å². The Labute approximate surface area is 135 Å². The van der Waals surface area contributed by atoms with Crippen molar-refractivity contribution in [2.75, 3.05) is 24.6 Å². The van der Waals surface area contributed by atoms with Gasteiger partial charge in [-0.2, -0.15) is 0 Å². The van der Waals surface area contributed by atoms with Crippen LogP contribution in [0.1, 0.15) is 17.2 Å². The van der Waals surface area contributed by atoms with E-state index >= 15 is 0 Å². The highest BCUT2D eigenvalue weighted by molar-refractivity contribution is 5.89. The lowest BCUT2D eigenvalue weighted by molar-refractivity contribution is 0.0392. The number of morpholine rings is 1. The molecule has 0 saturated carbocycles. The minimum atomic E-state index is 0.0821. The van der Waals surface area contributed by atoms with Crippen molar-refractivity contribution in [2.45, 2.75) is 13.0 Å². The summed E-state index contributed by atoms with van der Waals surface area (Å²) in [5, 5.41) is 1.10. The van der Waals surface area contributed by atoms with E-state index in [4.69, 9.17) is 4.74 Å². The fourth-order valence-electron chi connectivity index (χ4n) is 3.22. The molecule has 0 bridgehead atoms. The molecule has 2 aromatic carbocycles. The summed E-state index contributed by atoms with van der Waals surface area (Å²) in [6, 6.07) is 16.6. The first kappa shape index (κ1) is 14.2. The van der Waals surface area contributed by atoms with E-state index in [1.165, 1.54) is 11.1 Å². The van der Waals surface area contributed by atoms with Gasteiger partial charge in [-0.15, -0.1) is 0 Å². The predicted molar refractivity (Wildman–Crippen MR) is 91.6 cm³/mol. The van der Waals surface area contributed by atoms with Gasteiger partial charge in [-0.25, -0.2) is 9.97 Å². The van der Waals surface area contributed by atoms with Crippen LogP contribution in [0, 0.1) is 6.92 Å². The van der Waals surface area contributed by atoms with Crippen LogP contribution in [0.25, 0.3) is 10.9 Å². The maximum absolute atomic E-state index is 6.02. The maximum Gasteiger partial charge on any atom is 0.140 e. The van der Waals surface area contributed by atoms with Crippen LogP contribution < -0.4 is 4.90 Å². The number of aryl methyl sites for hydroxylation is 1. The average Bonchev–Trinajstić information content (AvgIpc) is 2.62. The van der Waals surface area contributed by atoms with Gasteiger partial charge < -0.3 is 9.64 Å². The third kappa shape index (κ3) is 2.66. The number of aromatic nitrogens is 2. The molecule has 1 aliphatic rings. The number of ether oxygens (including phenoxy) is 1. The number of anilines is 1. The van der Waals surface area contributed by atoms with Crippen LogP contribution >= 0.6 is 0 Å². The molecule has 3 aromatic rings. The Morgan fingerprint density at radius 1 is 1.04 bits per heavy atom. The van der Waals surface area contributed by atoms with Crippen molar-refractivity contribution >= 4 is 16.7 Å². The van der Waals surface area contributed by atoms with Gasteiger partial charge in [0.2, 0.25) is 0 Å². The molecule has 116 valence electrons. The third-order valence-corrected chi connectivity index (χ3v) is 4.42. The highest BCUT2D eigenvalue weighted by atomic mass is 16.5. The second kappa shape index (κ2) is 5.97. The van der Waals surface area contributed by atoms with Crippen molar-refractivity contribution in [3.8, 4) is 0 Å². The molecule has 2 heterocycles. The number of hydrogen-bond donors (Lipinski definition) is 0. The molecule has 1 unspecified atom stereocenters. The molecule has 23 heavy (non-hydrogen) atoms. The van der Waals surface area contributed by atoms with Crippen molar-refractivity contribution in [3.05, 3.63) is 66.0 Å². The zero-order chi connectivity index (χ0) is 15.6. The van der Waals surface area contributed by atoms with Gasteiger partial charge in [0.1, 0.15) is 18.2 Å². The van der Waals surface area contributed by atoms with E-state index in [1.807, 2.05) is 18.2 Å². The Hall–Kier alpha value is -2.46. The molecule has 0 spiro atoms. The molecule has 0 radical (unpaired) electrons. The number of para-hydroxylation sites is 1. The summed E-state index contributed by atoms with van der Waals surface area (Å²) in [6.07, 6.45) is 1.73. The van der Waals surface area contributed by atoms with E-state index in [2.05, 4.69) is 52.1 Å². The molecule has 1 fully saturated rings. The van der Waals surface area contributed by atoms with Gasteiger partial charge in [0.25, 0.3) is 0 Å². The Bertz CT molecular complexity index is 828. The lowest BCUT2D eigenvalue weighted by atomic mass is 10.0. The average molecular weight is 305 g/mol. The zero-order valence-electron chi connectivity index (χ0n) is 13.1. The fourth-order valence-corrected chi connectivity index (χ4v) is 3.22. The largest absolute Gasteiger partial charge is 0.370 e. The monoisotopic (exact) mass is 305 g/mol. The number of hydrogen-bond acceptors (Lipinski definition) is 4. The SMILES string of the molecule is Cc1ccccc1C1CN(c2ncnc3ccccc23)CCO1. The van der Waals surface area contributed by atoms with Gasteiger partial charge in [0, 0.05) is 18.5 Å². The van der Waals surface area contributed by atoms with Crippen LogP contribution in [-0.4, -0.2) is 29.7 Å².